The largest absolute Gasteiger partial charge is 0.318 e. The highest BCUT2D eigenvalue weighted by molar-refractivity contribution is 7.89. The Morgan fingerprint density at radius 2 is 1.74 bits per heavy atom. The standard InChI is InChI=1S/C23H23Cl2FN4O4S/c1-13(2)28-12-21-29(35(33,34)20-8-5-15(24)10-17(20)25)11-18(27)22(31)30(21)19(23(28)32)9-14-3-6-16(26)7-4-14/h3-8,10,12-13,18-19H,9,11,27H2,1-2H3. The molecule has 0 aromatic heterocycles. The molecule has 2 N–H and O–H groups in total. The number of carbonyl (C=O) groups is 2. The number of fused-ring (bicyclic) bond motifs is 1. The summed E-state index contributed by atoms with van der Waals surface area (Å²) >= 11 is 12.1. The average molecular weight is 541 g/mol. The van der Waals surface area contributed by atoms with Gasteiger partial charge in [0.2, 0.25) is 11.8 Å². The molecule has 186 valence electrons. The molecule has 2 amide bonds. The van der Waals surface area contributed by atoms with Crippen molar-refractivity contribution in [2.24, 2.45) is 5.73 Å². The molecule has 2 aliphatic rings. The third kappa shape index (κ3) is 4.63. The lowest BCUT2D eigenvalue weighted by Gasteiger charge is -2.48. The summed E-state index contributed by atoms with van der Waals surface area (Å²) in [7, 11) is -4.29. The van der Waals surface area contributed by atoms with E-state index in [2.05, 4.69) is 0 Å². The number of hydrogen-bond donors (Lipinski definition) is 1. The van der Waals surface area contributed by atoms with Crippen molar-refractivity contribution in [2.75, 3.05) is 6.54 Å². The van der Waals surface area contributed by atoms with E-state index in [-0.39, 0.29) is 39.8 Å². The van der Waals surface area contributed by atoms with Crippen LogP contribution in [0.25, 0.3) is 0 Å². The van der Waals surface area contributed by atoms with Crippen LogP contribution in [0.1, 0.15) is 19.4 Å². The van der Waals surface area contributed by atoms with E-state index >= 15 is 0 Å². The van der Waals surface area contributed by atoms with Crippen LogP contribution in [-0.2, 0) is 26.0 Å². The highest BCUT2D eigenvalue weighted by atomic mass is 35.5. The van der Waals surface area contributed by atoms with Gasteiger partial charge >= 0.3 is 0 Å². The Bertz CT molecular complexity index is 1320. The zero-order chi connectivity index (χ0) is 25.7. The fourth-order valence-electron chi connectivity index (χ4n) is 4.12. The Labute approximate surface area is 212 Å². The molecular weight excluding hydrogens is 518 g/mol. The summed E-state index contributed by atoms with van der Waals surface area (Å²) in [6, 6.07) is 6.86. The van der Waals surface area contributed by atoms with Crippen molar-refractivity contribution in [1.29, 1.82) is 0 Å². The van der Waals surface area contributed by atoms with Gasteiger partial charge in [0.1, 0.15) is 28.6 Å². The van der Waals surface area contributed by atoms with Crippen LogP contribution >= 0.6 is 23.2 Å². The maximum Gasteiger partial charge on any atom is 0.267 e. The predicted octanol–water partition coefficient (Wildman–Crippen LogP) is 2.95. The lowest BCUT2D eigenvalue weighted by atomic mass is 9.99. The molecule has 0 spiro atoms. The van der Waals surface area contributed by atoms with Gasteiger partial charge in [-0.2, -0.15) is 0 Å². The Morgan fingerprint density at radius 1 is 1.09 bits per heavy atom. The second-order valence-corrected chi connectivity index (χ2v) is 11.3. The van der Waals surface area contributed by atoms with Gasteiger partial charge in [-0.05, 0) is 49.7 Å². The SMILES string of the molecule is CC(C)N1C=C2N(C(=O)C(N)CN2S(=O)(=O)c2ccc(Cl)cc2Cl)C(Cc2ccc(F)cc2)C1=O. The predicted molar refractivity (Wildman–Crippen MR) is 129 cm³/mol. The van der Waals surface area contributed by atoms with E-state index in [1.165, 1.54) is 53.6 Å². The van der Waals surface area contributed by atoms with Crippen LogP contribution in [0.2, 0.25) is 10.0 Å². The van der Waals surface area contributed by atoms with Crippen LogP contribution in [-0.4, -0.2) is 59.0 Å². The molecule has 2 heterocycles. The smallest absolute Gasteiger partial charge is 0.267 e. The lowest BCUT2D eigenvalue weighted by molar-refractivity contribution is -0.149. The molecule has 0 aliphatic carbocycles. The minimum Gasteiger partial charge on any atom is -0.318 e. The Hall–Kier alpha value is -2.66. The van der Waals surface area contributed by atoms with Crippen LogP contribution in [0.4, 0.5) is 4.39 Å². The van der Waals surface area contributed by atoms with Crippen LogP contribution in [0.3, 0.4) is 0 Å². The topological polar surface area (TPSA) is 104 Å². The van der Waals surface area contributed by atoms with Crippen LogP contribution in [0.5, 0.6) is 0 Å². The number of nitrogens with two attached hydrogens (primary N) is 1. The van der Waals surface area contributed by atoms with E-state index in [0.29, 0.717) is 5.56 Å². The summed E-state index contributed by atoms with van der Waals surface area (Å²) in [6.07, 6.45) is 1.38. The molecule has 2 unspecified atom stereocenters. The van der Waals surface area contributed by atoms with Crippen molar-refractivity contribution >= 4 is 45.0 Å². The summed E-state index contributed by atoms with van der Waals surface area (Å²) in [4.78, 5) is 28.9. The first kappa shape index (κ1) is 25.4. The molecule has 0 radical (unpaired) electrons. The van der Waals surface area contributed by atoms with Crippen molar-refractivity contribution in [2.45, 2.75) is 43.3 Å². The number of benzene rings is 2. The van der Waals surface area contributed by atoms with E-state index in [0.717, 1.165) is 9.21 Å². The van der Waals surface area contributed by atoms with Gasteiger partial charge in [-0.25, -0.2) is 17.1 Å². The zero-order valence-electron chi connectivity index (χ0n) is 18.9. The Balaban J connectivity index is 1.84. The number of amides is 2. The highest BCUT2D eigenvalue weighted by Gasteiger charge is 2.49. The molecule has 0 bridgehead atoms. The number of halogens is 3. The van der Waals surface area contributed by atoms with Crippen molar-refractivity contribution in [3.63, 3.8) is 0 Å². The van der Waals surface area contributed by atoms with E-state index in [4.69, 9.17) is 28.9 Å². The molecule has 0 saturated carbocycles. The van der Waals surface area contributed by atoms with Crippen molar-refractivity contribution in [1.82, 2.24) is 14.1 Å². The quantitative estimate of drug-likeness (QED) is 0.627. The molecule has 2 aliphatic heterocycles. The van der Waals surface area contributed by atoms with Gasteiger partial charge < -0.3 is 10.6 Å². The van der Waals surface area contributed by atoms with Gasteiger partial charge in [0.05, 0.1) is 11.6 Å². The first-order chi connectivity index (χ1) is 16.4. The third-order valence-electron chi connectivity index (χ3n) is 5.89. The number of carbonyl (C=O) groups excluding carboxylic acids is 2. The molecular formula is C23H23Cl2FN4O4S. The summed E-state index contributed by atoms with van der Waals surface area (Å²) in [5, 5.41) is 0.166. The molecule has 1 fully saturated rings. The van der Waals surface area contributed by atoms with E-state index in [9.17, 15) is 22.4 Å². The first-order valence-corrected chi connectivity index (χ1v) is 13.0. The van der Waals surface area contributed by atoms with E-state index in [1.54, 1.807) is 13.8 Å². The van der Waals surface area contributed by atoms with Crippen molar-refractivity contribution < 1.29 is 22.4 Å². The summed E-state index contributed by atoms with van der Waals surface area (Å²) in [5.74, 6) is -1.45. The normalized spacial score (nSPS) is 20.9. The summed E-state index contributed by atoms with van der Waals surface area (Å²) < 4.78 is 41.8. The van der Waals surface area contributed by atoms with Crippen molar-refractivity contribution in [3.8, 4) is 0 Å². The van der Waals surface area contributed by atoms with Crippen LogP contribution < -0.4 is 5.73 Å². The monoisotopic (exact) mass is 540 g/mol. The molecule has 1 saturated heterocycles. The maximum absolute atomic E-state index is 13.7. The van der Waals surface area contributed by atoms with Gasteiger partial charge in [0, 0.05) is 23.7 Å². The molecule has 4 rings (SSSR count). The van der Waals surface area contributed by atoms with E-state index < -0.39 is 39.7 Å². The molecule has 8 nitrogen and oxygen atoms in total. The maximum atomic E-state index is 13.7. The molecule has 2 aromatic carbocycles. The minimum atomic E-state index is -4.29. The van der Waals surface area contributed by atoms with Gasteiger partial charge in [-0.15, -0.1) is 0 Å². The molecule has 2 aromatic rings. The lowest BCUT2D eigenvalue weighted by Crippen LogP contribution is -2.66. The number of hydrogen-bond acceptors (Lipinski definition) is 5. The van der Waals surface area contributed by atoms with Crippen LogP contribution in [0, 0.1) is 5.82 Å². The number of rotatable bonds is 5. The van der Waals surface area contributed by atoms with E-state index in [1.807, 2.05) is 0 Å². The fraction of sp³-hybridized carbons (Fsp3) is 0.304. The number of sulfonamides is 1. The second-order valence-electron chi connectivity index (χ2n) is 8.60. The van der Waals surface area contributed by atoms with Gasteiger partial charge in [0.15, 0.2) is 0 Å². The second kappa shape index (κ2) is 9.42. The first-order valence-electron chi connectivity index (χ1n) is 10.8. The van der Waals surface area contributed by atoms with Crippen molar-refractivity contribution in [3.05, 3.63) is 75.9 Å². The minimum absolute atomic E-state index is 0.0110. The Morgan fingerprint density at radius 3 is 2.34 bits per heavy atom. The Kier molecular flexibility index (Phi) is 6.85. The van der Waals surface area contributed by atoms with Gasteiger partial charge in [-0.1, -0.05) is 35.3 Å². The molecule has 12 heteroatoms. The number of nitrogens with zero attached hydrogens (tertiary/aromatic N) is 3. The third-order valence-corrected chi connectivity index (χ3v) is 8.37. The zero-order valence-corrected chi connectivity index (χ0v) is 21.2. The molecule has 35 heavy (non-hydrogen) atoms. The fourth-order valence-corrected chi connectivity index (χ4v) is 6.34. The summed E-state index contributed by atoms with van der Waals surface area (Å²) in [5.41, 5.74) is 6.67. The van der Waals surface area contributed by atoms with Gasteiger partial charge in [0.25, 0.3) is 10.0 Å². The van der Waals surface area contributed by atoms with Crippen LogP contribution in [0.15, 0.2) is 59.4 Å². The highest BCUT2D eigenvalue weighted by Crippen LogP contribution is 2.36. The summed E-state index contributed by atoms with van der Waals surface area (Å²) in [6.45, 7) is 3.20. The molecule has 2 atom stereocenters. The van der Waals surface area contributed by atoms with Gasteiger partial charge in [-0.3, -0.25) is 14.5 Å². The average Bonchev–Trinajstić information content (AvgIpc) is 2.78.